The highest BCUT2D eigenvalue weighted by molar-refractivity contribution is 9.10. The molecule has 0 aliphatic carbocycles. The van der Waals surface area contributed by atoms with E-state index < -0.39 is 0 Å². The van der Waals surface area contributed by atoms with Gasteiger partial charge < -0.3 is 24.3 Å². The molecule has 180 valence electrons. The fourth-order valence-corrected chi connectivity index (χ4v) is 4.97. The van der Waals surface area contributed by atoms with E-state index in [-0.39, 0.29) is 12.5 Å². The summed E-state index contributed by atoms with van der Waals surface area (Å²) in [6.45, 7) is 0.739. The number of ether oxygens (including phenoxy) is 4. The zero-order valence-corrected chi connectivity index (χ0v) is 22.2. The molecule has 0 atom stereocenters. The average Bonchev–Trinajstić information content (AvgIpc) is 3.18. The van der Waals surface area contributed by atoms with E-state index in [1.54, 1.807) is 20.3 Å². The molecule has 1 N–H and O–H groups in total. The lowest BCUT2D eigenvalue weighted by Crippen LogP contribution is -2.17. The Balaban J connectivity index is 1.47. The van der Waals surface area contributed by atoms with Gasteiger partial charge in [0, 0.05) is 0 Å². The topological polar surface area (TPSA) is 66.0 Å². The third-order valence-corrected chi connectivity index (χ3v) is 6.79. The summed E-state index contributed by atoms with van der Waals surface area (Å²) >= 11 is 9.84. The van der Waals surface area contributed by atoms with Crippen LogP contribution in [0, 0.1) is 0 Å². The summed E-state index contributed by atoms with van der Waals surface area (Å²) in [6, 6.07) is 19.3. The van der Waals surface area contributed by atoms with E-state index in [2.05, 4.69) is 21.2 Å². The lowest BCUT2D eigenvalue weighted by Gasteiger charge is -2.15. The average molecular weight is 573 g/mol. The van der Waals surface area contributed by atoms with Gasteiger partial charge in [0.15, 0.2) is 23.0 Å². The molecule has 1 saturated heterocycles. The first-order valence-corrected chi connectivity index (χ1v) is 12.6. The molecule has 1 fully saturated rings. The van der Waals surface area contributed by atoms with Crippen molar-refractivity contribution in [3.8, 4) is 23.0 Å². The highest BCUT2D eigenvalue weighted by atomic mass is 79.9. The number of thioether (sulfide) groups is 1. The van der Waals surface area contributed by atoms with Gasteiger partial charge in [-0.2, -0.15) is 0 Å². The minimum absolute atomic E-state index is 0.208. The molecule has 0 spiro atoms. The Morgan fingerprint density at radius 2 is 1.66 bits per heavy atom. The molecule has 0 unspecified atom stereocenters. The fraction of sp³-hybridized carbons (Fsp3) is 0.154. The first kappa shape index (κ1) is 25.1. The first-order chi connectivity index (χ1) is 17.0. The van der Waals surface area contributed by atoms with E-state index >= 15 is 0 Å². The zero-order valence-electron chi connectivity index (χ0n) is 19.0. The van der Waals surface area contributed by atoms with Crippen LogP contribution in [0.2, 0.25) is 0 Å². The van der Waals surface area contributed by atoms with Crippen molar-refractivity contribution in [1.82, 2.24) is 5.32 Å². The molecule has 35 heavy (non-hydrogen) atoms. The van der Waals surface area contributed by atoms with Crippen LogP contribution in [0.25, 0.3) is 6.08 Å². The van der Waals surface area contributed by atoms with E-state index in [1.807, 2.05) is 60.7 Å². The number of thiocarbonyl (C=S) groups is 1. The Labute approximate surface area is 221 Å². The van der Waals surface area contributed by atoms with Crippen LogP contribution in [-0.4, -0.2) is 24.4 Å². The van der Waals surface area contributed by atoms with Crippen molar-refractivity contribution in [2.75, 3.05) is 14.2 Å². The summed E-state index contributed by atoms with van der Waals surface area (Å²) in [5.74, 6) is 2.16. The number of rotatable bonds is 9. The van der Waals surface area contributed by atoms with Crippen molar-refractivity contribution in [3.63, 3.8) is 0 Å². The monoisotopic (exact) mass is 571 g/mol. The van der Waals surface area contributed by atoms with Gasteiger partial charge in [0.25, 0.3) is 5.91 Å². The van der Waals surface area contributed by atoms with Gasteiger partial charge in [-0.3, -0.25) is 4.79 Å². The van der Waals surface area contributed by atoms with Crippen LogP contribution in [0.3, 0.4) is 0 Å². The van der Waals surface area contributed by atoms with Crippen molar-refractivity contribution >= 4 is 56.2 Å². The van der Waals surface area contributed by atoms with Crippen LogP contribution in [0.4, 0.5) is 0 Å². The number of carbonyl (C=O) groups excluding carboxylic acids is 1. The van der Waals surface area contributed by atoms with Gasteiger partial charge in [-0.25, -0.2) is 0 Å². The molecule has 9 heteroatoms. The molecule has 1 heterocycles. The second-order valence-electron chi connectivity index (χ2n) is 7.43. The maximum Gasteiger partial charge on any atom is 0.263 e. The van der Waals surface area contributed by atoms with Crippen LogP contribution in [0.1, 0.15) is 16.7 Å². The van der Waals surface area contributed by atoms with Crippen LogP contribution < -0.4 is 24.3 Å². The minimum Gasteiger partial charge on any atom is -0.493 e. The molecule has 4 rings (SSSR count). The zero-order chi connectivity index (χ0) is 24.8. The molecular formula is C26H22BrNO5S2. The summed E-state index contributed by atoms with van der Waals surface area (Å²) in [5, 5.41) is 2.61. The molecule has 0 radical (unpaired) electrons. The van der Waals surface area contributed by atoms with Crippen LogP contribution in [0.5, 0.6) is 23.0 Å². The first-order valence-electron chi connectivity index (χ1n) is 10.6. The molecule has 0 bridgehead atoms. The van der Waals surface area contributed by atoms with E-state index in [1.165, 1.54) is 11.8 Å². The van der Waals surface area contributed by atoms with Gasteiger partial charge >= 0.3 is 0 Å². The predicted molar refractivity (Wildman–Crippen MR) is 145 cm³/mol. The number of halogens is 1. The van der Waals surface area contributed by atoms with Gasteiger partial charge in [0.1, 0.15) is 17.5 Å². The number of benzene rings is 3. The SMILES string of the molecule is COc1cc(COc2c(Br)cc(/C=C3/SC(=S)NC3=O)cc2OC)ccc1OCc1ccccc1. The van der Waals surface area contributed by atoms with Crippen molar-refractivity contribution < 1.29 is 23.7 Å². The fourth-order valence-electron chi connectivity index (χ4n) is 3.35. The Morgan fingerprint density at radius 3 is 2.34 bits per heavy atom. The Bertz CT molecular complexity index is 1280. The maximum absolute atomic E-state index is 12.0. The quantitative estimate of drug-likeness (QED) is 0.245. The van der Waals surface area contributed by atoms with Crippen LogP contribution >= 0.6 is 39.9 Å². The molecule has 1 aliphatic rings. The van der Waals surface area contributed by atoms with Crippen molar-refractivity contribution in [2.24, 2.45) is 0 Å². The molecule has 1 aliphatic heterocycles. The van der Waals surface area contributed by atoms with E-state index in [9.17, 15) is 4.79 Å². The van der Waals surface area contributed by atoms with Gasteiger partial charge in [-0.1, -0.05) is 60.4 Å². The highest BCUT2D eigenvalue weighted by Gasteiger charge is 2.22. The molecule has 3 aromatic carbocycles. The number of nitrogens with one attached hydrogen (secondary N) is 1. The summed E-state index contributed by atoms with van der Waals surface area (Å²) in [4.78, 5) is 12.5. The highest BCUT2D eigenvalue weighted by Crippen LogP contribution is 2.39. The number of hydrogen-bond donors (Lipinski definition) is 1. The maximum atomic E-state index is 12.0. The molecule has 6 nitrogen and oxygen atoms in total. The largest absolute Gasteiger partial charge is 0.493 e. The van der Waals surface area contributed by atoms with E-state index in [0.29, 0.717) is 43.3 Å². The van der Waals surface area contributed by atoms with Crippen LogP contribution in [-0.2, 0) is 18.0 Å². The van der Waals surface area contributed by atoms with E-state index in [4.69, 9.17) is 31.2 Å². The minimum atomic E-state index is -0.208. The van der Waals surface area contributed by atoms with Gasteiger partial charge in [-0.05, 0) is 63.0 Å². The lowest BCUT2D eigenvalue weighted by molar-refractivity contribution is -0.115. The van der Waals surface area contributed by atoms with Gasteiger partial charge in [0.05, 0.1) is 23.6 Å². The van der Waals surface area contributed by atoms with Crippen molar-refractivity contribution in [1.29, 1.82) is 0 Å². The second-order valence-corrected chi connectivity index (χ2v) is 10.0. The normalized spacial score (nSPS) is 14.1. The number of amides is 1. The Morgan fingerprint density at radius 1 is 0.914 bits per heavy atom. The third-order valence-electron chi connectivity index (χ3n) is 5.04. The predicted octanol–water partition coefficient (Wildman–Crippen LogP) is 6.11. The summed E-state index contributed by atoms with van der Waals surface area (Å²) < 4.78 is 24.2. The smallest absolute Gasteiger partial charge is 0.263 e. The Hall–Kier alpha value is -3.01. The lowest BCUT2D eigenvalue weighted by atomic mass is 10.1. The van der Waals surface area contributed by atoms with Crippen molar-refractivity contribution in [3.05, 3.63) is 86.7 Å². The number of hydrogen-bond acceptors (Lipinski definition) is 7. The van der Waals surface area contributed by atoms with E-state index in [0.717, 1.165) is 16.7 Å². The van der Waals surface area contributed by atoms with Crippen LogP contribution in [0.15, 0.2) is 70.0 Å². The third kappa shape index (κ3) is 6.36. The molecule has 0 aromatic heterocycles. The standard InChI is InChI=1S/C26H22BrNO5S2/c1-30-21-11-17(8-9-20(21)32-14-16-6-4-3-5-7-16)15-33-24-19(27)10-18(12-22(24)31-2)13-23-25(29)28-26(34)35-23/h3-13H,14-15H2,1-2H3,(H,28,29,34)/b23-13+. The number of methoxy groups -OCH3 is 2. The van der Waals surface area contributed by atoms with Crippen molar-refractivity contribution in [2.45, 2.75) is 13.2 Å². The Kier molecular flexibility index (Phi) is 8.33. The molecule has 1 amide bonds. The van der Waals surface area contributed by atoms with Gasteiger partial charge in [0.2, 0.25) is 0 Å². The number of carbonyl (C=O) groups is 1. The summed E-state index contributed by atoms with van der Waals surface area (Å²) in [5.41, 5.74) is 2.76. The molecule has 3 aromatic rings. The van der Waals surface area contributed by atoms with Gasteiger partial charge in [-0.15, -0.1) is 0 Å². The second kappa shape index (κ2) is 11.6. The molecule has 0 saturated carbocycles. The molecular weight excluding hydrogens is 550 g/mol. The summed E-state index contributed by atoms with van der Waals surface area (Å²) in [7, 11) is 3.18. The summed E-state index contributed by atoms with van der Waals surface area (Å²) in [6.07, 6.45) is 1.76.